The van der Waals surface area contributed by atoms with Crippen molar-refractivity contribution in [2.45, 2.75) is 0 Å². The van der Waals surface area contributed by atoms with E-state index in [0.29, 0.717) is 16.7 Å². The van der Waals surface area contributed by atoms with Gasteiger partial charge in [-0.05, 0) is 29.8 Å². The summed E-state index contributed by atoms with van der Waals surface area (Å²) in [5, 5.41) is 9.79. The smallest absolute Gasteiger partial charge is 0.344 e. The summed E-state index contributed by atoms with van der Waals surface area (Å²) in [6, 6.07) is 15.1. The summed E-state index contributed by atoms with van der Waals surface area (Å²) < 4.78 is 5.24. The summed E-state index contributed by atoms with van der Waals surface area (Å²) in [5.74, 6) is -1.03. The van der Waals surface area contributed by atoms with Crippen molar-refractivity contribution >= 4 is 16.9 Å². The van der Waals surface area contributed by atoms with Crippen molar-refractivity contribution in [3.8, 4) is 11.1 Å². The van der Waals surface area contributed by atoms with Crippen LogP contribution in [0, 0.1) is 0 Å². The van der Waals surface area contributed by atoms with E-state index in [-0.39, 0.29) is 5.56 Å². The Labute approximate surface area is 113 Å². The highest BCUT2D eigenvalue weighted by Crippen LogP contribution is 2.21. The standard InChI is InChI=1S/C16H10O4/c17-15(18)12-6-3-5-10(8-12)13-9-11-4-1-2-7-14(11)20-16(13)19/h1-9H,(H,17,18). The molecule has 98 valence electrons. The lowest BCUT2D eigenvalue weighted by Crippen LogP contribution is -2.03. The molecule has 3 aromatic rings. The first-order valence-electron chi connectivity index (χ1n) is 6.02. The quantitative estimate of drug-likeness (QED) is 0.723. The van der Waals surface area contributed by atoms with E-state index in [2.05, 4.69) is 0 Å². The van der Waals surface area contributed by atoms with Crippen LogP contribution in [0.25, 0.3) is 22.1 Å². The highest BCUT2D eigenvalue weighted by molar-refractivity contribution is 5.90. The molecule has 0 aliphatic heterocycles. The van der Waals surface area contributed by atoms with Gasteiger partial charge in [0.25, 0.3) is 0 Å². The van der Waals surface area contributed by atoms with Crippen LogP contribution in [-0.2, 0) is 0 Å². The van der Waals surface area contributed by atoms with Gasteiger partial charge in [0.1, 0.15) is 5.58 Å². The van der Waals surface area contributed by atoms with Gasteiger partial charge < -0.3 is 9.52 Å². The average molecular weight is 266 g/mol. The van der Waals surface area contributed by atoms with Crippen molar-refractivity contribution in [2.75, 3.05) is 0 Å². The minimum absolute atomic E-state index is 0.134. The number of carbonyl (C=O) groups is 1. The van der Waals surface area contributed by atoms with Gasteiger partial charge in [-0.15, -0.1) is 0 Å². The monoisotopic (exact) mass is 266 g/mol. The predicted octanol–water partition coefficient (Wildman–Crippen LogP) is 3.16. The second-order valence-corrected chi connectivity index (χ2v) is 4.37. The second kappa shape index (κ2) is 4.66. The zero-order valence-corrected chi connectivity index (χ0v) is 10.4. The minimum atomic E-state index is -1.03. The third-order valence-corrected chi connectivity index (χ3v) is 3.06. The first kappa shape index (κ1) is 12.2. The van der Waals surface area contributed by atoms with E-state index < -0.39 is 11.6 Å². The van der Waals surface area contributed by atoms with Crippen molar-refractivity contribution < 1.29 is 14.3 Å². The van der Waals surface area contributed by atoms with E-state index in [0.717, 1.165) is 5.39 Å². The molecular weight excluding hydrogens is 256 g/mol. The van der Waals surface area contributed by atoms with E-state index in [1.54, 1.807) is 30.3 Å². The zero-order valence-electron chi connectivity index (χ0n) is 10.4. The number of carboxylic acid groups (broad SMARTS) is 1. The molecule has 0 radical (unpaired) electrons. The number of hydrogen-bond donors (Lipinski definition) is 1. The van der Waals surface area contributed by atoms with Crippen LogP contribution in [0.15, 0.2) is 63.8 Å². The predicted molar refractivity (Wildman–Crippen MR) is 74.9 cm³/mol. The number of aromatic carboxylic acids is 1. The number of fused-ring (bicyclic) bond motifs is 1. The Morgan fingerprint density at radius 1 is 1.00 bits per heavy atom. The number of hydrogen-bond acceptors (Lipinski definition) is 3. The zero-order chi connectivity index (χ0) is 14.1. The van der Waals surface area contributed by atoms with E-state index in [1.165, 1.54) is 12.1 Å². The summed E-state index contributed by atoms with van der Waals surface area (Å²) in [5.41, 5.74) is 1.05. The van der Waals surface area contributed by atoms with Gasteiger partial charge >= 0.3 is 11.6 Å². The summed E-state index contributed by atoms with van der Waals surface area (Å²) in [6.45, 7) is 0. The summed E-state index contributed by atoms with van der Waals surface area (Å²) >= 11 is 0. The minimum Gasteiger partial charge on any atom is -0.478 e. The van der Waals surface area contributed by atoms with Crippen LogP contribution in [0.3, 0.4) is 0 Å². The summed E-state index contributed by atoms with van der Waals surface area (Å²) in [6.07, 6.45) is 0. The Balaban J connectivity index is 2.24. The maximum atomic E-state index is 12.0. The molecule has 0 fully saturated rings. The van der Waals surface area contributed by atoms with Crippen LogP contribution in [0.4, 0.5) is 0 Å². The number of para-hydroxylation sites is 1. The van der Waals surface area contributed by atoms with E-state index >= 15 is 0 Å². The van der Waals surface area contributed by atoms with Gasteiger partial charge in [-0.25, -0.2) is 9.59 Å². The highest BCUT2D eigenvalue weighted by atomic mass is 16.4. The lowest BCUT2D eigenvalue weighted by atomic mass is 10.0. The third kappa shape index (κ3) is 2.07. The fraction of sp³-hybridized carbons (Fsp3) is 0. The number of rotatable bonds is 2. The Morgan fingerprint density at radius 2 is 1.80 bits per heavy atom. The fourth-order valence-electron chi connectivity index (χ4n) is 2.08. The molecule has 0 bridgehead atoms. The van der Waals surface area contributed by atoms with Crippen molar-refractivity contribution in [3.05, 3.63) is 70.6 Å². The highest BCUT2D eigenvalue weighted by Gasteiger charge is 2.10. The van der Waals surface area contributed by atoms with E-state index in [1.807, 2.05) is 12.1 Å². The molecule has 0 atom stereocenters. The molecular formula is C16H10O4. The van der Waals surface area contributed by atoms with Gasteiger partial charge in [-0.3, -0.25) is 0 Å². The lowest BCUT2D eigenvalue weighted by molar-refractivity contribution is 0.0697. The van der Waals surface area contributed by atoms with Gasteiger partial charge in [0, 0.05) is 5.39 Å². The largest absolute Gasteiger partial charge is 0.478 e. The molecule has 0 aliphatic rings. The van der Waals surface area contributed by atoms with Gasteiger partial charge in [0.15, 0.2) is 0 Å². The molecule has 3 rings (SSSR count). The van der Waals surface area contributed by atoms with Crippen LogP contribution in [0.5, 0.6) is 0 Å². The second-order valence-electron chi connectivity index (χ2n) is 4.37. The molecule has 0 spiro atoms. The van der Waals surface area contributed by atoms with Crippen LogP contribution in [0.1, 0.15) is 10.4 Å². The normalized spacial score (nSPS) is 10.6. The first-order valence-corrected chi connectivity index (χ1v) is 6.02. The summed E-state index contributed by atoms with van der Waals surface area (Å²) in [7, 11) is 0. The van der Waals surface area contributed by atoms with E-state index in [9.17, 15) is 9.59 Å². The Hall–Kier alpha value is -2.88. The topological polar surface area (TPSA) is 67.5 Å². The maximum Gasteiger partial charge on any atom is 0.344 e. The molecule has 0 amide bonds. The fourth-order valence-corrected chi connectivity index (χ4v) is 2.08. The van der Waals surface area contributed by atoms with Gasteiger partial charge in [-0.2, -0.15) is 0 Å². The average Bonchev–Trinajstić information content (AvgIpc) is 2.46. The van der Waals surface area contributed by atoms with Crippen molar-refractivity contribution in [1.29, 1.82) is 0 Å². The Kier molecular flexibility index (Phi) is 2.84. The van der Waals surface area contributed by atoms with Crippen LogP contribution in [0.2, 0.25) is 0 Å². The third-order valence-electron chi connectivity index (χ3n) is 3.06. The van der Waals surface area contributed by atoms with Crippen molar-refractivity contribution in [1.82, 2.24) is 0 Å². The van der Waals surface area contributed by atoms with Crippen LogP contribution >= 0.6 is 0 Å². The molecule has 4 heteroatoms. The summed E-state index contributed by atoms with van der Waals surface area (Å²) in [4.78, 5) is 23.0. The Bertz CT molecular complexity index is 861. The van der Waals surface area contributed by atoms with Gasteiger partial charge in [0.05, 0.1) is 11.1 Å². The Morgan fingerprint density at radius 3 is 2.60 bits per heavy atom. The van der Waals surface area contributed by atoms with Crippen molar-refractivity contribution in [2.24, 2.45) is 0 Å². The molecule has 1 heterocycles. The van der Waals surface area contributed by atoms with E-state index in [4.69, 9.17) is 9.52 Å². The molecule has 20 heavy (non-hydrogen) atoms. The lowest BCUT2D eigenvalue weighted by Gasteiger charge is -2.03. The molecule has 0 saturated carbocycles. The molecule has 1 aromatic heterocycles. The van der Waals surface area contributed by atoms with Gasteiger partial charge in [-0.1, -0.05) is 30.3 Å². The number of carboxylic acids is 1. The molecule has 2 aromatic carbocycles. The molecule has 0 unspecified atom stereocenters. The van der Waals surface area contributed by atoms with Gasteiger partial charge in [0.2, 0.25) is 0 Å². The number of benzene rings is 2. The molecule has 0 saturated heterocycles. The molecule has 1 N–H and O–H groups in total. The maximum absolute atomic E-state index is 12.0. The molecule has 4 nitrogen and oxygen atoms in total. The van der Waals surface area contributed by atoms with Crippen molar-refractivity contribution in [3.63, 3.8) is 0 Å². The first-order chi connectivity index (χ1) is 9.65. The van der Waals surface area contributed by atoms with Crippen LogP contribution < -0.4 is 5.63 Å². The molecule has 0 aliphatic carbocycles. The SMILES string of the molecule is O=C(O)c1cccc(-c2cc3ccccc3oc2=O)c1. The van der Waals surface area contributed by atoms with Crippen LogP contribution in [-0.4, -0.2) is 11.1 Å².